The molecule has 0 aliphatic rings. The number of ether oxygens (including phenoxy) is 2. The molecule has 4 aromatic rings. The Morgan fingerprint density at radius 2 is 1.40 bits per heavy atom. The average molecular weight is 468 g/mol. The lowest BCUT2D eigenvalue weighted by atomic mass is 10.1. The van der Waals surface area contributed by atoms with Gasteiger partial charge in [0.25, 0.3) is 5.91 Å². The van der Waals surface area contributed by atoms with Gasteiger partial charge in [-0.3, -0.25) is 4.79 Å². The Bertz CT molecular complexity index is 1320. The number of nitrogens with zero attached hydrogens (tertiary/aromatic N) is 1. The fourth-order valence-electron chi connectivity index (χ4n) is 3.14. The minimum absolute atomic E-state index is 0.143. The number of nitrogens with one attached hydrogen (secondary N) is 1. The van der Waals surface area contributed by atoms with E-state index in [2.05, 4.69) is 10.5 Å². The lowest BCUT2D eigenvalue weighted by Crippen LogP contribution is -2.24. The van der Waals surface area contributed by atoms with Crippen LogP contribution >= 0.6 is 0 Å². The largest absolute Gasteiger partial charge is 0.484 e. The maximum atomic E-state index is 13.7. The molecule has 0 unspecified atom stereocenters. The van der Waals surface area contributed by atoms with E-state index in [-0.39, 0.29) is 17.9 Å². The smallest absolute Gasteiger partial charge is 0.346 e. The maximum Gasteiger partial charge on any atom is 0.346 e. The molecule has 0 bridgehead atoms. The van der Waals surface area contributed by atoms with Crippen molar-refractivity contribution in [3.63, 3.8) is 0 Å². The van der Waals surface area contributed by atoms with E-state index in [9.17, 15) is 14.0 Å². The second-order valence-electron chi connectivity index (χ2n) is 7.41. The van der Waals surface area contributed by atoms with Gasteiger partial charge >= 0.3 is 5.97 Å². The number of hydrazone groups is 1. The normalized spacial score (nSPS) is 10.7. The summed E-state index contributed by atoms with van der Waals surface area (Å²) in [5.41, 5.74) is 5.06. The van der Waals surface area contributed by atoms with Crippen molar-refractivity contribution in [2.75, 3.05) is 6.61 Å². The van der Waals surface area contributed by atoms with E-state index in [1.54, 1.807) is 42.5 Å². The highest BCUT2D eigenvalue weighted by Crippen LogP contribution is 2.22. The zero-order valence-corrected chi connectivity index (χ0v) is 18.6. The summed E-state index contributed by atoms with van der Waals surface area (Å²) in [4.78, 5) is 24.1. The number of hydrogen-bond donors (Lipinski definition) is 1. The van der Waals surface area contributed by atoms with Crippen molar-refractivity contribution in [3.8, 4) is 22.6 Å². The summed E-state index contributed by atoms with van der Waals surface area (Å²) < 4.78 is 24.4. The lowest BCUT2D eigenvalue weighted by Gasteiger charge is -2.07. The van der Waals surface area contributed by atoms with Gasteiger partial charge in [-0.05, 0) is 65.2 Å². The Morgan fingerprint density at radius 3 is 2.11 bits per heavy atom. The van der Waals surface area contributed by atoms with Crippen LogP contribution in [-0.4, -0.2) is 24.7 Å². The Kier molecular flexibility index (Phi) is 7.60. The summed E-state index contributed by atoms with van der Waals surface area (Å²) in [6, 6.07) is 29.4. The number of amides is 1. The van der Waals surface area contributed by atoms with E-state index in [1.807, 2.05) is 42.5 Å². The molecule has 0 aliphatic carbocycles. The summed E-state index contributed by atoms with van der Waals surface area (Å²) in [5.74, 6) is -1.02. The molecular weight excluding hydrogens is 447 g/mol. The molecule has 0 saturated carbocycles. The zero-order valence-electron chi connectivity index (χ0n) is 18.6. The Morgan fingerprint density at radius 1 is 0.771 bits per heavy atom. The standard InChI is InChI=1S/C28H21FN2O4/c29-26-9-5-4-8-25(26)28(33)35-24-14-10-20(11-15-24)18-30-31-27(32)19-34-23-16-12-22(13-17-23)21-6-2-1-3-7-21/h1-18H,19H2,(H,31,32). The van der Waals surface area contributed by atoms with Crippen molar-refractivity contribution in [3.05, 3.63) is 120 Å². The van der Waals surface area contributed by atoms with E-state index in [1.165, 1.54) is 24.4 Å². The minimum Gasteiger partial charge on any atom is -0.484 e. The molecule has 0 heterocycles. The van der Waals surface area contributed by atoms with Crippen molar-refractivity contribution in [2.45, 2.75) is 0 Å². The van der Waals surface area contributed by atoms with Crippen molar-refractivity contribution in [1.82, 2.24) is 5.43 Å². The molecule has 4 rings (SSSR count). The van der Waals surface area contributed by atoms with Crippen LogP contribution in [-0.2, 0) is 4.79 Å². The van der Waals surface area contributed by atoms with E-state index in [0.29, 0.717) is 11.3 Å². The van der Waals surface area contributed by atoms with Gasteiger partial charge in [0.1, 0.15) is 17.3 Å². The molecule has 0 fully saturated rings. The Balaban J connectivity index is 1.23. The molecule has 6 nitrogen and oxygen atoms in total. The average Bonchev–Trinajstić information content (AvgIpc) is 2.89. The lowest BCUT2D eigenvalue weighted by molar-refractivity contribution is -0.123. The monoisotopic (exact) mass is 468 g/mol. The van der Waals surface area contributed by atoms with Crippen molar-refractivity contribution in [1.29, 1.82) is 0 Å². The topological polar surface area (TPSA) is 77.0 Å². The summed E-state index contributed by atoms with van der Waals surface area (Å²) in [6.07, 6.45) is 1.44. The molecule has 0 aliphatic heterocycles. The molecule has 1 N–H and O–H groups in total. The number of rotatable bonds is 8. The van der Waals surface area contributed by atoms with E-state index in [4.69, 9.17) is 9.47 Å². The van der Waals surface area contributed by atoms with Crippen LogP contribution in [0.1, 0.15) is 15.9 Å². The zero-order chi connectivity index (χ0) is 24.5. The molecule has 1 amide bonds. The van der Waals surface area contributed by atoms with Crippen LogP contribution in [0.3, 0.4) is 0 Å². The van der Waals surface area contributed by atoms with Gasteiger partial charge in [-0.1, -0.05) is 54.6 Å². The van der Waals surface area contributed by atoms with E-state index >= 15 is 0 Å². The van der Waals surface area contributed by atoms with Gasteiger partial charge in [-0.2, -0.15) is 5.10 Å². The first-order valence-corrected chi connectivity index (χ1v) is 10.8. The second-order valence-corrected chi connectivity index (χ2v) is 7.41. The van der Waals surface area contributed by atoms with E-state index < -0.39 is 17.7 Å². The minimum atomic E-state index is -0.786. The van der Waals surface area contributed by atoms with Gasteiger partial charge in [0.15, 0.2) is 6.61 Å². The quantitative estimate of drug-likeness (QED) is 0.166. The first-order chi connectivity index (χ1) is 17.1. The predicted octanol–water partition coefficient (Wildman–Crippen LogP) is 5.24. The van der Waals surface area contributed by atoms with Crippen LogP contribution in [0, 0.1) is 5.82 Å². The number of benzene rings is 4. The molecule has 0 radical (unpaired) electrons. The highest BCUT2D eigenvalue weighted by Gasteiger charge is 2.13. The first kappa shape index (κ1) is 23.4. The molecule has 0 spiro atoms. The molecule has 0 saturated heterocycles. The molecule has 0 atom stereocenters. The maximum absolute atomic E-state index is 13.7. The molecule has 4 aromatic carbocycles. The van der Waals surface area contributed by atoms with E-state index in [0.717, 1.165) is 11.1 Å². The summed E-state index contributed by atoms with van der Waals surface area (Å²) >= 11 is 0. The van der Waals surface area contributed by atoms with Gasteiger partial charge in [-0.15, -0.1) is 0 Å². The number of carbonyl (C=O) groups is 2. The third-order valence-electron chi connectivity index (χ3n) is 4.92. The van der Waals surface area contributed by atoms with Gasteiger partial charge in [0.05, 0.1) is 11.8 Å². The van der Waals surface area contributed by atoms with Gasteiger partial charge < -0.3 is 9.47 Å². The Labute approximate surface area is 201 Å². The van der Waals surface area contributed by atoms with Crippen LogP contribution in [0.25, 0.3) is 11.1 Å². The molecule has 7 heteroatoms. The number of hydrogen-bond acceptors (Lipinski definition) is 5. The van der Waals surface area contributed by atoms with Crippen LogP contribution in [0.5, 0.6) is 11.5 Å². The van der Waals surface area contributed by atoms with Crippen molar-refractivity contribution in [2.24, 2.45) is 5.10 Å². The van der Waals surface area contributed by atoms with Crippen LogP contribution in [0.15, 0.2) is 108 Å². The Hall–Kier alpha value is -4.78. The SMILES string of the molecule is O=C(COc1ccc(-c2ccccc2)cc1)NN=Cc1ccc(OC(=O)c2ccccc2F)cc1. The third-order valence-corrected chi connectivity index (χ3v) is 4.92. The van der Waals surface area contributed by atoms with Crippen LogP contribution in [0.2, 0.25) is 0 Å². The second kappa shape index (κ2) is 11.4. The number of carbonyl (C=O) groups excluding carboxylic acids is 2. The van der Waals surface area contributed by atoms with Gasteiger partial charge in [0.2, 0.25) is 0 Å². The molecule has 35 heavy (non-hydrogen) atoms. The highest BCUT2D eigenvalue weighted by molar-refractivity contribution is 5.91. The summed E-state index contributed by atoms with van der Waals surface area (Å²) in [5, 5.41) is 3.90. The number of halogens is 1. The van der Waals surface area contributed by atoms with Crippen molar-refractivity contribution < 1.29 is 23.5 Å². The van der Waals surface area contributed by atoms with Crippen LogP contribution < -0.4 is 14.9 Å². The first-order valence-electron chi connectivity index (χ1n) is 10.8. The molecular formula is C28H21FN2O4. The van der Waals surface area contributed by atoms with Gasteiger partial charge in [0, 0.05) is 0 Å². The fraction of sp³-hybridized carbons (Fsp3) is 0.0357. The highest BCUT2D eigenvalue weighted by atomic mass is 19.1. The molecule has 174 valence electrons. The number of esters is 1. The van der Waals surface area contributed by atoms with Crippen LogP contribution in [0.4, 0.5) is 4.39 Å². The van der Waals surface area contributed by atoms with Crippen molar-refractivity contribution >= 4 is 18.1 Å². The third kappa shape index (κ3) is 6.61. The summed E-state index contributed by atoms with van der Waals surface area (Å²) in [7, 11) is 0. The fourth-order valence-corrected chi connectivity index (χ4v) is 3.14. The summed E-state index contributed by atoms with van der Waals surface area (Å²) in [6.45, 7) is -0.188. The predicted molar refractivity (Wildman–Crippen MR) is 131 cm³/mol. The molecule has 0 aromatic heterocycles. The van der Waals surface area contributed by atoms with Gasteiger partial charge in [-0.25, -0.2) is 14.6 Å².